The van der Waals surface area contributed by atoms with Gasteiger partial charge in [0.25, 0.3) is 11.5 Å². The van der Waals surface area contributed by atoms with Crippen molar-refractivity contribution in [2.75, 3.05) is 11.1 Å². The number of amides is 2. The summed E-state index contributed by atoms with van der Waals surface area (Å²) in [5.74, 6) is -0.258. The highest BCUT2D eigenvalue weighted by atomic mass is 32.2. The Morgan fingerprint density at radius 2 is 2.17 bits per heavy atom. The van der Waals surface area contributed by atoms with Crippen molar-refractivity contribution in [3.8, 4) is 0 Å². The number of aromatic nitrogens is 2. The summed E-state index contributed by atoms with van der Waals surface area (Å²) >= 11 is 2.73. The molecule has 0 fully saturated rings. The number of aromatic amines is 1. The number of anilines is 1. The number of hydrogen-bond acceptors (Lipinski definition) is 6. The predicted octanol–water partition coefficient (Wildman–Crippen LogP) is 2.94. The van der Waals surface area contributed by atoms with Crippen molar-refractivity contribution in [3.63, 3.8) is 0 Å². The van der Waals surface area contributed by atoms with Gasteiger partial charge in [0, 0.05) is 4.88 Å². The number of carbonyl (C=O) groups is 2. The topological polar surface area (TPSA) is 118 Å². The number of aryl methyl sites for hydroxylation is 1. The summed E-state index contributed by atoms with van der Waals surface area (Å²) in [4.78, 5) is 45.7. The quantitative estimate of drug-likeness (QED) is 0.427. The lowest BCUT2D eigenvalue weighted by molar-refractivity contribution is -0.113. The maximum Gasteiger partial charge on any atom is 0.260 e. The summed E-state index contributed by atoms with van der Waals surface area (Å²) in [5.41, 5.74) is 6.93. The van der Waals surface area contributed by atoms with Crippen molar-refractivity contribution in [1.82, 2.24) is 9.97 Å². The molecule has 0 saturated heterocycles. The number of thiophene rings is 1. The number of primary amides is 1. The summed E-state index contributed by atoms with van der Waals surface area (Å²) in [7, 11) is 0. The first kappa shape index (κ1) is 19.7. The average Bonchev–Trinajstić information content (AvgIpc) is 3.04. The van der Waals surface area contributed by atoms with E-state index in [4.69, 9.17) is 5.73 Å². The maximum atomic E-state index is 12.6. The molecule has 4 rings (SSSR count). The first-order chi connectivity index (χ1) is 13.9. The van der Waals surface area contributed by atoms with E-state index in [1.54, 1.807) is 35.6 Å². The molecule has 0 aliphatic heterocycles. The van der Waals surface area contributed by atoms with Crippen LogP contribution in [-0.4, -0.2) is 27.5 Å². The second kappa shape index (κ2) is 8.00. The van der Waals surface area contributed by atoms with E-state index in [0.717, 1.165) is 41.4 Å². The fourth-order valence-electron chi connectivity index (χ4n) is 3.52. The first-order valence-electron chi connectivity index (χ1n) is 9.28. The van der Waals surface area contributed by atoms with Crippen molar-refractivity contribution < 1.29 is 9.59 Å². The molecule has 0 saturated carbocycles. The van der Waals surface area contributed by atoms with Gasteiger partial charge in [0.2, 0.25) is 5.91 Å². The molecule has 2 heterocycles. The lowest BCUT2D eigenvalue weighted by Gasteiger charge is -2.17. The number of carbonyl (C=O) groups excluding carboxylic acids is 2. The van der Waals surface area contributed by atoms with Gasteiger partial charge in [-0.25, -0.2) is 4.98 Å². The van der Waals surface area contributed by atoms with E-state index < -0.39 is 5.91 Å². The van der Waals surface area contributed by atoms with Crippen LogP contribution in [0.25, 0.3) is 10.2 Å². The monoisotopic (exact) mass is 428 g/mol. The number of nitrogens with one attached hydrogen (secondary N) is 2. The van der Waals surface area contributed by atoms with E-state index in [-0.39, 0.29) is 22.8 Å². The molecule has 3 aromatic rings. The van der Waals surface area contributed by atoms with Gasteiger partial charge in [-0.3, -0.25) is 14.4 Å². The van der Waals surface area contributed by atoms with Gasteiger partial charge in [0.1, 0.15) is 4.83 Å². The molecule has 1 atom stereocenters. The van der Waals surface area contributed by atoms with Crippen molar-refractivity contribution in [1.29, 1.82) is 0 Å². The first-order valence-corrected chi connectivity index (χ1v) is 11.1. The molecule has 1 aliphatic rings. The van der Waals surface area contributed by atoms with E-state index >= 15 is 0 Å². The molecular weight excluding hydrogens is 408 g/mol. The largest absolute Gasteiger partial charge is 0.366 e. The van der Waals surface area contributed by atoms with Gasteiger partial charge in [0.05, 0.1) is 22.4 Å². The number of fused-ring (bicyclic) bond motifs is 3. The zero-order valence-corrected chi connectivity index (χ0v) is 17.4. The number of nitrogens with zero attached hydrogens (tertiary/aromatic N) is 1. The van der Waals surface area contributed by atoms with Crippen molar-refractivity contribution >= 4 is 50.8 Å². The molecule has 1 unspecified atom stereocenters. The van der Waals surface area contributed by atoms with E-state index in [1.807, 2.05) is 0 Å². The molecule has 7 nitrogen and oxygen atoms in total. The summed E-state index contributed by atoms with van der Waals surface area (Å²) < 4.78 is 0. The maximum absolute atomic E-state index is 12.6. The van der Waals surface area contributed by atoms with E-state index in [1.165, 1.54) is 4.88 Å². The lowest BCUT2D eigenvalue weighted by Crippen LogP contribution is -2.19. The highest BCUT2D eigenvalue weighted by Crippen LogP contribution is 2.36. The minimum absolute atomic E-state index is 0.0453. The lowest BCUT2D eigenvalue weighted by atomic mass is 9.89. The molecule has 0 radical (unpaired) electrons. The number of hydrogen-bond donors (Lipinski definition) is 3. The number of thioether (sulfide) groups is 1. The smallest absolute Gasteiger partial charge is 0.260 e. The van der Waals surface area contributed by atoms with Crippen LogP contribution in [0.5, 0.6) is 0 Å². The van der Waals surface area contributed by atoms with Crippen LogP contribution in [0.15, 0.2) is 34.2 Å². The Morgan fingerprint density at radius 1 is 1.38 bits per heavy atom. The number of nitrogens with two attached hydrogens (primary N) is 1. The summed E-state index contributed by atoms with van der Waals surface area (Å²) in [6, 6.07) is 6.56. The molecule has 4 N–H and O–H groups in total. The van der Waals surface area contributed by atoms with Gasteiger partial charge < -0.3 is 16.0 Å². The Morgan fingerprint density at radius 3 is 2.97 bits per heavy atom. The number of H-pyrrole nitrogens is 1. The van der Waals surface area contributed by atoms with Crippen molar-refractivity contribution in [2.45, 2.75) is 31.3 Å². The van der Waals surface area contributed by atoms with Crippen LogP contribution in [0.3, 0.4) is 0 Å². The molecule has 2 amide bonds. The fraction of sp³-hybridized carbons (Fsp3) is 0.300. The molecule has 0 spiro atoms. The van der Waals surface area contributed by atoms with E-state index in [0.29, 0.717) is 22.1 Å². The fourth-order valence-corrected chi connectivity index (χ4v) is 5.63. The minimum atomic E-state index is -0.610. The second-order valence-electron chi connectivity index (χ2n) is 7.15. The number of benzene rings is 1. The van der Waals surface area contributed by atoms with Crippen molar-refractivity contribution in [2.24, 2.45) is 11.7 Å². The molecule has 0 bridgehead atoms. The van der Waals surface area contributed by atoms with Gasteiger partial charge in [-0.2, -0.15) is 0 Å². The highest BCUT2D eigenvalue weighted by Gasteiger charge is 2.23. The standard InChI is InChI=1S/C20H20N4O3S2/c1-10-6-7-12-14(8-10)29-19-16(12)18(27)23-20(24-19)28-9-15(25)22-13-5-3-2-4-11(13)17(21)26/h2-5,10H,6-9H2,1H3,(H2,21,26)(H,22,25)(H,23,24,27). The molecule has 1 aliphatic carbocycles. The number of rotatable bonds is 5. The van der Waals surface area contributed by atoms with Crippen LogP contribution in [-0.2, 0) is 17.6 Å². The van der Waals surface area contributed by atoms with E-state index in [9.17, 15) is 14.4 Å². The van der Waals surface area contributed by atoms with Crippen LogP contribution in [0.1, 0.15) is 34.1 Å². The van der Waals surface area contributed by atoms with Crippen LogP contribution >= 0.6 is 23.1 Å². The Bertz CT molecular complexity index is 1170. The van der Waals surface area contributed by atoms with Crippen LogP contribution < -0.4 is 16.6 Å². The summed E-state index contributed by atoms with van der Waals surface area (Å²) in [5, 5.41) is 3.79. The Kier molecular flexibility index (Phi) is 5.42. The number of para-hydroxylation sites is 1. The van der Waals surface area contributed by atoms with Crippen LogP contribution in [0, 0.1) is 5.92 Å². The van der Waals surface area contributed by atoms with Gasteiger partial charge >= 0.3 is 0 Å². The zero-order chi connectivity index (χ0) is 20.5. The molecule has 29 heavy (non-hydrogen) atoms. The normalized spacial score (nSPS) is 15.8. The third-order valence-electron chi connectivity index (χ3n) is 4.95. The van der Waals surface area contributed by atoms with Crippen molar-refractivity contribution in [3.05, 3.63) is 50.6 Å². The van der Waals surface area contributed by atoms with Gasteiger partial charge in [0.15, 0.2) is 5.16 Å². The van der Waals surface area contributed by atoms with E-state index in [2.05, 4.69) is 22.2 Å². The average molecular weight is 429 g/mol. The molecule has 9 heteroatoms. The highest BCUT2D eigenvalue weighted by molar-refractivity contribution is 7.99. The second-order valence-corrected chi connectivity index (χ2v) is 9.20. The predicted molar refractivity (Wildman–Crippen MR) is 116 cm³/mol. The Labute approximate surface area is 175 Å². The zero-order valence-electron chi connectivity index (χ0n) is 15.8. The molecule has 150 valence electrons. The van der Waals surface area contributed by atoms with Gasteiger partial charge in [-0.15, -0.1) is 11.3 Å². The molecule has 2 aromatic heterocycles. The van der Waals surface area contributed by atoms with Gasteiger partial charge in [-0.1, -0.05) is 30.8 Å². The Balaban J connectivity index is 1.50. The third-order valence-corrected chi connectivity index (χ3v) is 6.97. The van der Waals surface area contributed by atoms with Crippen LogP contribution in [0.2, 0.25) is 0 Å². The molecular formula is C20H20N4O3S2. The molecule has 1 aromatic carbocycles. The SMILES string of the molecule is CC1CCc2c(sc3nc(SCC(=O)Nc4ccccc4C(N)=O)[nH]c(=O)c23)C1. The van der Waals surface area contributed by atoms with Crippen LogP contribution in [0.4, 0.5) is 5.69 Å². The Hall–Kier alpha value is -2.65. The summed E-state index contributed by atoms with van der Waals surface area (Å²) in [6.07, 6.45) is 2.98. The third kappa shape index (κ3) is 4.06. The minimum Gasteiger partial charge on any atom is -0.366 e. The van der Waals surface area contributed by atoms with Gasteiger partial charge in [-0.05, 0) is 42.9 Å². The summed E-state index contributed by atoms with van der Waals surface area (Å²) in [6.45, 7) is 2.22.